The number of hydrogen-bond donors (Lipinski definition) is 2. The Morgan fingerprint density at radius 2 is 1.94 bits per heavy atom. The number of aliphatic hydroxyl groups is 1. The van der Waals surface area contributed by atoms with Crippen LogP contribution in [0.4, 0.5) is 0 Å². The van der Waals surface area contributed by atoms with Crippen molar-refractivity contribution in [2.75, 3.05) is 20.8 Å². The Morgan fingerprint density at radius 1 is 1.25 bits per heavy atom. The molecule has 1 unspecified atom stereocenters. The molecule has 16 heavy (non-hydrogen) atoms. The van der Waals surface area contributed by atoms with Crippen LogP contribution in [0.1, 0.15) is 12.0 Å². The Labute approximate surface area is 96.0 Å². The van der Waals surface area contributed by atoms with Gasteiger partial charge in [0.15, 0.2) is 11.5 Å². The van der Waals surface area contributed by atoms with Crippen molar-refractivity contribution in [3.63, 3.8) is 0 Å². The van der Waals surface area contributed by atoms with Crippen LogP contribution in [0.3, 0.4) is 0 Å². The smallest absolute Gasteiger partial charge is 0.160 e. The highest BCUT2D eigenvalue weighted by Gasteiger charge is 2.08. The molecule has 0 radical (unpaired) electrons. The molecule has 0 bridgehead atoms. The van der Waals surface area contributed by atoms with Crippen LogP contribution in [0, 0.1) is 0 Å². The Balaban J connectivity index is 2.74. The van der Waals surface area contributed by atoms with Crippen molar-refractivity contribution >= 4 is 0 Å². The van der Waals surface area contributed by atoms with E-state index in [-0.39, 0.29) is 0 Å². The molecule has 0 amide bonds. The summed E-state index contributed by atoms with van der Waals surface area (Å²) in [4.78, 5) is 0. The SMILES string of the molecule is COc1ccc(CC(O)CCN)cc1OC. The Hall–Kier alpha value is -1.26. The van der Waals surface area contributed by atoms with Gasteiger partial charge in [-0.05, 0) is 37.1 Å². The summed E-state index contributed by atoms with van der Waals surface area (Å²) in [6.07, 6.45) is 0.787. The van der Waals surface area contributed by atoms with Crippen LogP contribution < -0.4 is 15.2 Å². The number of ether oxygens (including phenoxy) is 2. The molecule has 4 heteroatoms. The normalized spacial score (nSPS) is 12.2. The summed E-state index contributed by atoms with van der Waals surface area (Å²) in [6, 6.07) is 5.63. The third kappa shape index (κ3) is 3.40. The maximum absolute atomic E-state index is 9.64. The average molecular weight is 225 g/mol. The first-order valence-corrected chi connectivity index (χ1v) is 5.30. The number of nitrogens with two attached hydrogens (primary N) is 1. The molecule has 0 saturated heterocycles. The number of hydrogen-bond acceptors (Lipinski definition) is 4. The minimum atomic E-state index is -0.400. The zero-order valence-corrected chi connectivity index (χ0v) is 9.77. The topological polar surface area (TPSA) is 64.7 Å². The molecular weight excluding hydrogens is 206 g/mol. The lowest BCUT2D eigenvalue weighted by atomic mass is 10.1. The van der Waals surface area contributed by atoms with Gasteiger partial charge >= 0.3 is 0 Å². The lowest BCUT2D eigenvalue weighted by molar-refractivity contribution is 0.167. The highest BCUT2D eigenvalue weighted by molar-refractivity contribution is 5.43. The molecule has 3 N–H and O–H groups in total. The molecule has 0 aliphatic rings. The zero-order valence-electron chi connectivity index (χ0n) is 9.77. The van der Waals surface area contributed by atoms with Gasteiger partial charge in [-0.3, -0.25) is 0 Å². The van der Waals surface area contributed by atoms with E-state index in [1.165, 1.54) is 0 Å². The fraction of sp³-hybridized carbons (Fsp3) is 0.500. The lowest BCUT2D eigenvalue weighted by Crippen LogP contribution is -2.15. The number of rotatable bonds is 6. The Bertz CT molecular complexity index is 328. The summed E-state index contributed by atoms with van der Waals surface area (Å²) in [7, 11) is 3.19. The van der Waals surface area contributed by atoms with Crippen LogP contribution in [0.15, 0.2) is 18.2 Å². The fourth-order valence-electron chi connectivity index (χ4n) is 1.57. The van der Waals surface area contributed by atoms with Crippen LogP contribution in [-0.4, -0.2) is 32.0 Å². The zero-order chi connectivity index (χ0) is 12.0. The average Bonchev–Trinajstić information content (AvgIpc) is 2.29. The third-order valence-corrected chi connectivity index (χ3v) is 2.42. The summed E-state index contributed by atoms with van der Waals surface area (Å²) in [6.45, 7) is 0.495. The summed E-state index contributed by atoms with van der Waals surface area (Å²) in [5.41, 5.74) is 6.39. The molecule has 90 valence electrons. The first-order valence-electron chi connectivity index (χ1n) is 5.30. The van der Waals surface area contributed by atoms with Gasteiger partial charge in [0, 0.05) is 0 Å². The second-order valence-electron chi connectivity index (χ2n) is 3.62. The van der Waals surface area contributed by atoms with Gasteiger partial charge in [-0.25, -0.2) is 0 Å². The quantitative estimate of drug-likeness (QED) is 0.756. The predicted octanol–water partition coefficient (Wildman–Crippen LogP) is 0.956. The minimum Gasteiger partial charge on any atom is -0.493 e. The van der Waals surface area contributed by atoms with Crippen molar-refractivity contribution in [1.29, 1.82) is 0 Å². The molecule has 0 heterocycles. The summed E-state index contributed by atoms with van der Waals surface area (Å²) in [5.74, 6) is 1.37. The summed E-state index contributed by atoms with van der Waals surface area (Å²) < 4.78 is 10.3. The van der Waals surface area contributed by atoms with Crippen LogP contribution in [0.2, 0.25) is 0 Å². The summed E-state index contributed by atoms with van der Waals surface area (Å²) in [5, 5.41) is 9.64. The molecule has 0 aromatic heterocycles. The third-order valence-electron chi connectivity index (χ3n) is 2.42. The first kappa shape index (κ1) is 12.8. The molecule has 0 aliphatic heterocycles. The second kappa shape index (κ2) is 6.35. The number of methoxy groups -OCH3 is 2. The molecule has 0 spiro atoms. The van der Waals surface area contributed by atoms with Gasteiger partial charge in [-0.2, -0.15) is 0 Å². The van der Waals surface area contributed by atoms with E-state index in [2.05, 4.69) is 0 Å². The maximum atomic E-state index is 9.64. The second-order valence-corrected chi connectivity index (χ2v) is 3.62. The maximum Gasteiger partial charge on any atom is 0.160 e. The fourth-order valence-corrected chi connectivity index (χ4v) is 1.57. The van der Waals surface area contributed by atoms with E-state index < -0.39 is 6.10 Å². The van der Waals surface area contributed by atoms with Gasteiger partial charge in [-0.1, -0.05) is 6.07 Å². The Morgan fingerprint density at radius 3 is 2.50 bits per heavy atom. The van der Waals surface area contributed by atoms with Gasteiger partial charge in [-0.15, -0.1) is 0 Å². The van der Waals surface area contributed by atoms with Crippen LogP contribution in [0.5, 0.6) is 11.5 Å². The monoisotopic (exact) mass is 225 g/mol. The highest BCUT2D eigenvalue weighted by Crippen LogP contribution is 2.28. The largest absolute Gasteiger partial charge is 0.493 e. The molecule has 0 fully saturated rings. The van der Waals surface area contributed by atoms with Crippen molar-refractivity contribution in [2.24, 2.45) is 5.73 Å². The van der Waals surface area contributed by atoms with E-state index in [4.69, 9.17) is 15.2 Å². The van der Waals surface area contributed by atoms with E-state index in [1.807, 2.05) is 18.2 Å². The standard InChI is InChI=1S/C12H19NO3/c1-15-11-4-3-9(8-12(11)16-2)7-10(14)5-6-13/h3-4,8,10,14H,5-7,13H2,1-2H3. The van der Waals surface area contributed by atoms with Gasteiger partial charge in [0.05, 0.1) is 20.3 Å². The van der Waals surface area contributed by atoms with Crippen LogP contribution in [0.25, 0.3) is 0 Å². The van der Waals surface area contributed by atoms with E-state index in [1.54, 1.807) is 14.2 Å². The molecule has 1 atom stereocenters. The molecule has 1 rings (SSSR count). The minimum absolute atomic E-state index is 0.400. The molecule has 0 aliphatic carbocycles. The molecule has 0 saturated carbocycles. The van der Waals surface area contributed by atoms with E-state index in [9.17, 15) is 5.11 Å². The molecule has 1 aromatic rings. The Kier molecular flexibility index (Phi) is 5.08. The van der Waals surface area contributed by atoms with Crippen LogP contribution in [-0.2, 0) is 6.42 Å². The van der Waals surface area contributed by atoms with Crippen molar-refractivity contribution in [2.45, 2.75) is 18.9 Å². The van der Waals surface area contributed by atoms with Crippen molar-refractivity contribution in [3.8, 4) is 11.5 Å². The van der Waals surface area contributed by atoms with Crippen LogP contribution >= 0.6 is 0 Å². The number of aliphatic hydroxyl groups excluding tert-OH is 1. The predicted molar refractivity (Wildman–Crippen MR) is 62.9 cm³/mol. The lowest BCUT2D eigenvalue weighted by Gasteiger charge is -2.12. The summed E-state index contributed by atoms with van der Waals surface area (Å²) >= 11 is 0. The molecular formula is C12H19NO3. The van der Waals surface area contributed by atoms with E-state index in [0.717, 1.165) is 5.56 Å². The van der Waals surface area contributed by atoms with Gasteiger partial charge in [0.1, 0.15) is 0 Å². The highest BCUT2D eigenvalue weighted by atomic mass is 16.5. The van der Waals surface area contributed by atoms with Gasteiger partial charge < -0.3 is 20.3 Å². The molecule has 1 aromatic carbocycles. The number of benzene rings is 1. The van der Waals surface area contributed by atoms with Crippen molar-refractivity contribution in [3.05, 3.63) is 23.8 Å². The van der Waals surface area contributed by atoms with E-state index >= 15 is 0 Å². The van der Waals surface area contributed by atoms with Crippen molar-refractivity contribution in [1.82, 2.24) is 0 Å². The molecule has 4 nitrogen and oxygen atoms in total. The van der Waals surface area contributed by atoms with Gasteiger partial charge in [0.25, 0.3) is 0 Å². The van der Waals surface area contributed by atoms with Crippen molar-refractivity contribution < 1.29 is 14.6 Å². The van der Waals surface area contributed by atoms with E-state index in [0.29, 0.717) is 30.9 Å². The van der Waals surface area contributed by atoms with Gasteiger partial charge in [0.2, 0.25) is 0 Å². The first-order chi connectivity index (χ1) is 7.71.